The molecule has 1 unspecified atom stereocenters. The van der Waals surface area contributed by atoms with Crippen molar-refractivity contribution in [3.05, 3.63) is 45.7 Å². The molecule has 0 aliphatic heterocycles. The number of anilines is 1. The second-order valence-electron chi connectivity index (χ2n) is 4.27. The molecule has 0 fully saturated rings. The fraction of sp³-hybridized carbons (Fsp3) is 0.231. The van der Waals surface area contributed by atoms with Gasteiger partial charge in [-0.25, -0.2) is 4.79 Å². The Morgan fingerprint density at radius 2 is 2.00 bits per heavy atom. The third-order valence-electron chi connectivity index (χ3n) is 2.88. The normalized spacial score (nSPS) is 12.2. The van der Waals surface area contributed by atoms with Gasteiger partial charge < -0.3 is 10.4 Å². The molecule has 1 atom stereocenters. The lowest BCUT2D eigenvalue weighted by atomic mass is 10.0. The Morgan fingerprint density at radius 1 is 1.37 bits per heavy atom. The quantitative estimate of drug-likeness (QED) is 0.808. The van der Waals surface area contributed by atoms with Crippen molar-refractivity contribution in [2.75, 3.05) is 5.32 Å². The van der Waals surface area contributed by atoms with E-state index in [1.165, 1.54) is 0 Å². The maximum absolute atomic E-state index is 11.5. The lowest BCUT2D eigenvalue weighted by molar-refractivity contribution is -0.138. The summed E-state index contributed by atoms with van der Waals surface area (Å²) in [6.07, 6.45) is 0. The maximum Gasteiger partial charge on any atom is 0.330 e. The van der Waals surface area contributed by atoms with Crippen molar-refractivity contribution in [1.29, 1.82) is 0 Å². The molecule has 2 aromatic rings. The van der Waals surface area contributed by atoms with Gasteiger partial charge in [0, 0.05) is 21.4 Å². The van der Waals surface area contributed by atoms with Crippen LogP contribution >= 0.6 is 15.9 Å². The number of halogens is 1. The van der Waals surface area contributed by atoms with Crippen molar-refractivity contribution in [2.24, 2.45) is 0 Å². The first-order valence-electron chi connectivity index (χ1n) is 5.75. The van der Waals surface area contributed by atoms with E-state index in [-0.39, 0.29) is 0 Å². The van der Waals surface area contributed by atoms with Gasteiger partial charge in [0.1, 0.15) is 0 Å². The number of aryl methyl sites for hydroxylation is 2. The molecule has 3 N–H and O–H groups in total. The second-order valence-corrected chi connectivity index (χ2v) is 5.19. The topological polar surface area (TPSA) is 78.0 Å². The molecule has 5 nitrogen and oxygen atoms in total. The number of aromatic amines is 1. The van der Waals surface area contributed by atoms with Crippen molar-refractivity contribution in [3.63, 3.8) is 0 Å². The first kappa shape index (κ1) is 13.6. The fourth-order valence-corrected chi connectivity index (χ4v) is 2.22. The first-order valence-corrected chi connectivity index (χ1v) is 6.54. The lowest BCUT2D eigenvalue weighted by Gasteiger charge is -2.16. The van der Waals surface area contributed by atoms with Crippen LogP contribution in [0, 0.1) is 13.8 Å². The molecular weight excluding hydrogens is 310 g/mol. The Hall–Kier alpha value is -1.82. The third-order valence-corrected chi connectivity index (χ3v) is 3.40. The molecule has 1 aromatic carbocycles. The minimum Gasteiger partial charge on any atom is -0.479 e. The van der Waals surface area contributed by atoms with Crippen LogP contribution in [0.4, 0.5) is 5.69 Å². The summed E-state index contributed by atoms with van der Waals surface area (Å²) in [6.45, 7) is 3.60. The zero-order chi connectivity index (χ0) is 14.0. The van der Waals surface area contributed by atoms with Gasteiger partial charge in [-0.15, -0.1) is 0 Å². The molecule has 0 saturated carbocycles. The number of benzene rings is 1. The SMILES string of the molecule is Cc1n[nH]c(C)c1C(Nc1ccc(Br)cc1)C(=O)O. The molecule has 0 spiro atoms. The third kappa shape index (κ3) is 2.96. The molecule has 1 aromatic heterocycles. The zero-order valence-corrected chi connectivity index (χ0v) is 12.2. The van der Waals surface area contributed by atoms with E-state index in [1.54, 1.807) is 6.92 Å². The van der Waals surface area contributed by atoms with E-state index in [0.717, 1.165) is 15.9 Å². The van der Waals surface area contributed by atoms with Crippen molar-refractivity contribution in [1.82, 2.24) is 10.2 Å². The van der Waals surface area contributed by atoms with Gasteiger partial charge in [0.2, 0.25) is 0 Å². The number of aliphatic carboxylic acids is 1. The minimum atomic E-state index is -0.935. The standard InChI is InChI=1S/C13H14BrN3O2/c1-7-11(8(2)17-16-7)12(13(18)19)15-10-5-3-9(14)4-6-10/h3-6,12,15H,1-2H3,(H,16,17)(H,18,19). The number of aromatic nitrogens is 2. The summed E-state index contributed by atoms with van der Waals surface area (Å²) < 4.78 is 0.945. The number of H-pyrrole nitrogens is 1. The van der Waals surface area contributed by atoms with Crippen LogP contribution in [0.5, 0.6) is 0 Å². The maximum atomic E-state index is 11.5. The summed E-state index contributed by atoms with van der Waals surface area (Å²) in [6, 6.07) is 6.54. The Balaban J connectivity index is 2.32. The van der Waals surface area contributed by atoms with Gasteiger partial charge in [0.25, 0.3) is 0 Å². The molecule has 1 heterocycles. The highest BCUT2D eigenvalue weighted by molar-refractivity contribution is 9.10. The summed E-state index contributed by atoms with van der Waals surface area (Å²) in [5.74, 6) is -0.935. The van der Waals surface area contributed by atoms with E-state index in [4.69, 9.17) is 0 Å². The first-order chi connectivity index (χ1) is 8.99. The number of carbonyl (C=O) groups is 1. The van der Waals surface area contributed by atoms with E-state index in [0.29, 0.717) is 11.3 Å². The van der Waals surface area contributed by atoms with E-state index < -0.39 is 12.0 Å². The van der Waals surface area contributed by atoms with Crippen LogP contribution in [0.3, 0.4) is 0 Å². The van der Waals surface area contributed by atoms with Gasteiger partial charge in [0.05, 0.1) is 5.69 Å². The second kappa shape index (κ2) is 5.44. The van der Waals surface area contributed by atoms with E-state index >= 15 is 0 Å². The Morgan fingerprint density at radius 3 is 2.47 bits per heavy atom. The Bertz CT molecular complexity index is 573. The lowest BCUT2D eigenvalue weighted by Crippen LogP contribution is -2.21. The summed E-state index contributed by atoms with van der Waals surface area (Å²) in [7, 11) is 0. The molecular formula is C13H14BrN3O2. The highest BCUT2D eigenvalue weighted by Crippen LogP contribution is 2.25. The predicted molar refractivity (Wildman–Crippen MR) is 76.2 cm³/mol. The highest BCUT2D eigenvalue weighted by Gasteiger charge is 2.25. The van der Waals surface area contributed by atoms with Crippen molar-refractivity contribution in [2.45, 2.75) is 19.9 Å². The molecule has 0 bridgehead atoms. The van der Waals surface area contributed by atoms with Crippen molar-refractivity contribution >= 4 is 27.6 Å². The van der Waals surface area contributed by atoms with Crippen LogP contribution in [0.25, 0.3) is 0 Å². The smallest absolute Gasteiger partial charge is 0.330 e. The van der Waals surface area contributed by atoms with Crippen LogP contribution < -0.4 is 5.32 Å². The van der Waals surface area contributed by atoms with Crippen LogP contribution in [0.15, 0.2) is 28.7 Å². The predicted octanol–water partition coefficient (Wildman–Crippen LogP) is 3.03. The summed E-state index contributed by atoms with van der Waals surface area (Å²) >= 11 is 3.34. The molecule has 0 amide bonds. The van der Waals surface area contributed by atoms with Gasteiger partial charge >= 0.3 is 5.97 Å². The van der Waals surface area contributed by atoms with E-state index in [2.05, 4.69) is 31.4 Å². The van der Waals surface area contributed by atoms with Crippen molar-refractivity contribution < 1.29 is 9.90 Å². The van der Waals surface area contributed by atoms with Crippen molar-refractivity contribution in [3.8, 4) is 0 Å². The summed E-state index contributed by atoms with van der Waals surface area (Å²) in [4.78, 5) is 11.5. The Kier molecular flexibility index (Phi) is 3.90. The number of nitrogens with zero attached hydrogens (tertiary/aromatic N) is 1. The molecule has 0 saturated heterocycles. The number of hydrogen-bond donors (Lipinski definition) is 3. The average Bonchev–Trinajstić information content (AvgIpc) is 2.68. The van der Waals surface area contributed by atoms with Crippen LogP contribution in [-0.4, -0.2) is 21.3 Å². The molecule has 6 heteroatoms. The Labute approximate surface area is 119 Å². The van der Waals surface area contributed by atoms with Crippen LogP contribution in [0.1, 0.15) is 23.0 Å². The van der Waals surface area contributed by atoms with Gasteiger partial charge in [0.15, 0.2) is 6.04 Å². The number of carboxylic acid groups (broad SMARTS) is 1. The van der Waals surface area contributed by atoms with Gasteiger partial charge in [-0.2, -0.15) is 5.10 Å². The monoisotopic (exact) mass is 323 g/mol. The van der Waals surface area contributed by atoms with Crippen LogP contribution in [-0.2, 0) is 4.79 Å². The zero-order valence-electron chi connectivity index (χ0n) is 10.6. The molecule has 100 valence electrons. The van der Waals surface area contributed by atoms with E-state index in [1.807, 2.05) is 31.2 Å². The number of nitrogens with one attached hydrogen (secondary N) is 2. The molecule has 0 aliphatic carbocycles. The molecule has 2 rings (SSSR count). The molecule has 19 heavy (non-hydrogen) atoms. The van der Waals surface area contributed by atoms with Gasteiger partial charge in [-0.1, -0.05) is 15.9 Å². The van der Waals surface area contributed by atoms with Crippen LogP contribution in [0.2, 0.25) is 0 Å². The minimum absolute atomic E-state index is 0.676. The average molecular weight is 324 g/mol. The molecule has 0 radical (unpaired) electrons. The summed E-state index contributed by atoms with van der Waals surface area (Å²) in [5, 5.41) is 19.3. The van der Waals surface area contributed by atoms with Gasteiger partial charge in [-0.05, 0) is 38.1 Å². The largest absolute Gasteiger partial charge is 0.479 e. The van der Waals surface area contributed by atoms with Gasteiger partial charge in [-0.3, -0.25) is 5.10 Å². The summed E-state index contributed by atoms with van der Waals surface area (Å²) in [5.41, 5.74) is 2.87. The number of rotatable bonds is 4. The number of hydrogen-bond acceptors (Lipinski definition) is 3. The highest BCUT2D eigenvalue weighted by atomic mass is 79.9. The molecule has 0 aliphatic rings. The van der Waals surface area contributed by atoms with E-state index in [9.17, 15) is 9.90 Å². The fourth-order valence-electron chi connectivity index (χ4n) is 1.96. The number of carboxylic acids is 1.